The molecule has 2 atom stereocenters. The standard InChI is InChI=1S/C22H29N5O4/c1-27-18(7-16(26-27)12-30-2)20(28)24-19-6-15(11-23-19)14-3-4-17(5-14)31-21(29)25-22-8-13(9-22)10-22/h6-7,13-14,17H,3-5,8-12H2,1-2H3,(H,25,29)(H,23,24,28)/t13?,14-,17+,22?/m0/s1. The van der Waals surface area contributed by atoms with E-state index in [9.17, 15) is 9.59 Å². The minimum atomic E-state index is -0.266. The maximum atomic E-state index is 12.6. The zero-order valence-electron chi connectivity index (χ0n) is 18.0. The minimum absolute atomic E-state index is 0.0485. The lowest BCUT2D eigenvalue weighted by Crippen LogP contribution is -2.68. The van der Waals surface area contributed by atoms with Crippen molar-refractivity contribution in [1.29, 1.82) is 0 Å². The minimum Gasteiger partial charge on any atom is -0.446 e. The third kappa shape index (κ3) is 3.98. The van der Waals surface area contributed by atoms with Gasteiger partial charge in [-0.3, -0.25) is 14.5 Å². The molecule has 1 aromatic rings. The van der Waals surface area contributed by atoms with Gasteiger partial charge < -0.3 is 20.1 Å². The van der Waals surface area contributed by atoms with Crippen LogP contribution in [0, 0.1) is 11.8 Å². The topological polar surface area (TPSA) is 107 Å². The molecule has 9 nitrogen and oxygen atoms in total. The number of aromatic nitrogens is 2. The molecule has 0 aromatic carbocycles. The monoisotopic (exact) mass is 427 g/mol. The van der Waals surface area contributed by atoms with Gasteiger partial charge in [-0.05, 0) is 68.1 Å². The molecule has 2 heterocycles. The predicted octanol–water partition coefficient (Wildman–Crippen LogP) is 2.08. The SMILES string of the molecule is COCc1cc(C(=O)NC2=NCC([C@H]3CC[C@@H](OC(=O)NC45CC(C4)C5)C3)=C2)n(C)n1. The summed E-state index contributed by atoms with van der Waals surface area (Å²) in [7, 11) is 3.32. The van der Waals surface area contributed by atoms with Gasteiger partial charge in [0.25, 0.3) is 5.91 Å². The Kier molecular flexibility index (Phi) is 5.08. The number of nitrogens with zero attached hydrogens (tertiary/aromatic N) is 3. The van der Waals surface area contributed by atoms with Crippen LogP contribution in [0.2, 0.25) is 0 Å². The van der Waals surface area contributed by atoms with Crippen molar-refractivity contribution in [2.24, 2.45) is 23.9 Å². The number of hydrogen-bond acceptors (Lipinski definition) is 6. The first-order valence-corrected chi connectivity index (χ1v) is 11.0. The molecule has 4 fully saturated rings. The van der Waals surface area contributed by atoms with Gasteiger partial charge in [0.15, 0.2) is 0 Å². The summed E-state index contributed by atoms with van der Waals surface area (Å²) in [6.07, 6.45) is 7.62. The number of carbonyl (C=O) groups excluding carboxylic acids is 2. The number of rotatable bonds is 6. The van der Waals surface area contributed by atoms with Crippen molar-refractivity contribution in [3.05, 3.63) is 29.1 Å². The number of alkyl carbamates (subject to hydrolysis) is 1. The molecule has 0 radical (unpaired) electrons. The molecule has 2 N–H and O–H groups in total. The Hall–Kier alpha value is -2.68. The quantitative estimate of drug-likeness (QED) is 0.723. The van der Waals surface area contributed by atoms with Crippen LogP contribution < -0.4 is 10.6 Å². The maximum Gasteiger partial charge on any atom is 0.407 e. The number of amides is 2. The van der Waals surface area contributed by atoms with Crippen LogP contribution in [0.15, 0.2) is 22.7 Å². The van der Waals surface area contributed by atoms with Crippen molar-refractivity contribution < 1.29 is 19.1 Å². The van der Waals surface area contributed by atoms with E-state index in [1.807, 2.05) is 6.08 Å². The number of aliphatic imine (C=N–C) groups is 1. The molecule has 31 heavy (non-hydrogen) atoms. The zero-order valence-corrected chi connectivity index (χ0v) is 18.0. The highest BCUT2D eigenvalue weighted by atomic mass is 16.6. The summed E-state index contributed by atoms with van der Waals surface area (Å²) in [5, 5.41) is 10.2. The molecule has 2 bridgehead atoms. The summed E-state index contributed by atoms with van der Waals surface area (Å²) >= 11 is 0. The number of hydrogen-bond donors (Lipinski definition) is 2. The van der Waals surface area contributed by atoms with Crippen molar-refractivity contribution >= 4 is 17.8 Å². The van der Waals surface area contributed by atoms with E-state index in [4.69, 9.17) is 9.47 Å². The average molecular weight is 428 g/mol. The predicted molar refractivity (Wildman–Crippen MR) is 113 cm³/mol. The number of aryl methyl sites for hydroxylation is 1. The van der Waals surface area contributed by atoms with Crippen LogP contribution in [-0.4, -0.2) is 52.9 Å². The normalized spacial score (nSPS) is 30.7. The average Bonchev–Trinajstić information content (AvgIpc) is 3.38. The summed E-state index contributed by atoms with van der Waals surface area (Å²) in [5.41, 5.74) is 2.40. The largest absolute Gasteiger partial charge is 0.446 e. The Labute approximate surface area is 181 Å². The Morgan fingerprint density at radius 2 is 2.10 bits per heavy atom. The molecule has 4 aliphatic carbocycles. The number of carbonyl (C=O) groups is 2. The van der Waals surface area contributed by atoms with E-state index in [1.165, 1.54) is 5.57 Å². The molecule has 1 aromatic heterocycles. The van der Waals surface area contributed by atoms with Gasteiger partial charge >= 0.3 is 6.09 Å². The van der Waals surface area contributed by atoms with Crippen molar-refractivity contribution in [2.45, 2.75) is 56.8 Å². The number of nitrogens with one attached hydrogen (secondary N) is 2. The third-order valence-electron chi connectivity index (χ3n) is 7.04. The Balaban J connectivity index is 1.11. The molecule has 9 heteroatoms. The first kappa shape index (κ1) is 20.2. The van der Waals surface area contributed by atoms with Gasteiger partial charge in [0, 0.05) is 19.7 Å². The molecule has 6 rings (SSSR count). The second-order valence-corrected chi connectivity index (χ2v) is 9.37. The van der Waals surface area contributed by atoms with Crippen LogP contribution in [0.25, 0.3) is 0 Å². The number of amidine groups is 1. The molecule has 0 spiro atoms. The van der Waals surface area contributed by atoms with Gasteiger partial charge in [-0.1, -0.05) is 0 Å². The Bertz CT molecular complexity index is 948. The lowest BCUT2D eigenvalue weighted by Gasteiger charge is -2.61. The second kappa shape index (κ2) is 7.78. The van der Waals surface area contributed by atoms with E-state index < -0.39 is 0 Å². The van der Waals surface area contributed by atoms with E-state index in [0.29, 0.717) is 36.3 Å². The highest BCUT2D eigenvalue weighted by molar-refractivity contribution is 6.10. The van der Waals surface area contributed by atoms with Crippen LogP contribution >= 0.6 is 0 Å². The smallest absolute Gasteiger partial charge is 0.407 e. The highest BCUT2D eigenvalue weighted by Crippen LogP contribution is 2.57. The summed E-state index contributed by atoms with van der Waals surface area (Å²) in [5.74, 6) is 1.48. The molecular formula is C22H29N5O4. The number of ether oxygens (including phenoxy) is 2. The Morgan fingerprint density at radius 1 is 1.29 bits per heavy atom. The fraction of sp³-hybridized carbons (Fsp3) is 0.636. The van der Waals surface area contributed by atoms with Crippen LogP contribution in [-0.2, 0) is 23.1 Å². The molecular weight excluding hydrogens is 398 g/mol. The van der Waals surface area contributed by atoms with E-state index in [-0.39, 0.29) is 23.6 Å². The van der Waals surface area contributed by atoms with Gasteiger partial charge in [-0.2, -0.15) is 5.10 Å². The first-order valence-electron chi connectivity index (χ1n) is 11.0. The third-order valence-corrected chi connectivity index (χ3v) is 7.04. The molecule has 1 aliphatic heterocycles. The van der Waals surface area contributed by atoms with E-state index in [0.717, 1.165) is 44.4 Å². The van der Waals surface area contributed by atoms with Gasteiger partial charge in [0.2, 0.25) is 0 Å². The van der Waals surface area contributed by atoms with Crippen molar-refractivity contribution in [2.75, 3.05) is 13.7 Å². The van der Waals surface area contributed by atoms with Gasteiger partial charge in [0.05, 0.1) is 18.8 Å². The van der Waals surface area contributed by atoms with Crippen LogP contribution in [0.3, 0.4) is 0 Å². The highest BCUT2D eigenvalue weighted by Gasteiger charge is 2.57. The van der Waals surface area contributed by atoms with Crippen LogP contribution in [0.1, 0.15) is 54.7 Å². The molecule has 0 unspecified atom stereocenters. The fourth-order valence-corrected chi connectivity index (χ4v) is 5.32. The van der Waals surface area contributed by atoms with Crippen LogP contribution in [0.5, 0.6) is 0 Å². The van der Waals surface area contributed by atoms with E-state index in [2.05, 4.69) is 20.7 Å². The Morgan fingerprint density at radius 3 is 2.81 bits per heavy atom. The molecule has 4 saturated carbocycles. The van der Waals surface area contributed by atoms with Crippen molar-refractivity contribution in [1.82, 2.24) is 20.4 Å². The van der Waals surface area contributed by atoms with Gasteiger partial charge in [-0.15, -0.1) is 0 Å². The number of methoxy groups -OCH3 is 1. The molecule has 0 saturated heterocycles. The van der Waals surface area contributed by atoms with Crippen molar-refractivity contribution in [3.63, 3.8) is 0 Å². The summed E-state index contributed by atoms with van der Waals surface area (Å²) < 4.78 is 12.3. The molecule has 5 aliphatic rings. The summed E-state index contributed by atoms with van der Waals surface area (Å²) in [6.45, 7) is 0.931. The van der Waals surface area contributed by atoms with Gasteiger partial charge in [0.1, 0.15) is 17.6 Å². The van der Waals surface area contributed by atoms with E-state index in [1.54, 1.807) is 24.9 Å². The zero-order chi connectivity index (χ0) is 21.6. The maximum absolute atomic E-state index is 12.6. The summed E-state index contributed by atoms with van der Waals surface area (Å²) in [4.78, 5) is 29.3. The summed E-state index contributed by atoms with van der Waals surface area (Å²) in [6, 6.07) is 1.72. The van der Waals surface area contributed by atoms with Crippen molar-refractivity contribution in [3.8, 4) is 0 Å². The lowest BCUT2D eigenvalue weighted by molar-refractivity contribution is -0.0507. The van der Waals surface area contributed by atoms with Crippen LogP contribution in [0.4, 0.5) is 4.79 Å². The van der Waals surface area contributed by atoms with E-state index >= 15 is 0 Å². The molecule has 166 valence electrons. The first-order chi connectivity index (χ1) is 14.9. The lowest BCUT2D eigenvalue weighted by atomic mass is 9.50. The fourth-order valence-electron chi connectivity index (χ4n) is 5.32. The van der Waals surface area contributed by atoms with Gasteiger partial charge in [-0.25, -0.2) is 4.79 Å². The second-order valence-electron chi connectivity index (χ2n) is 9.37. The molecule has 2 amide bonds.